The van der Waals surface area contributed by atoms with Crippen LogP contribution in [0.4, 0.5) is 13.2 Å². The number of halogens is 3. The molecule has 9 heteroatoms. The molecule has 1 atom stereocenters. The average Bonchev–Trinajstić information content (AvgIpc) is 2.50. The Kier molecular flexibility index (Phi) is 7.62. The van der Waals surface area contributed by atoms with Crippen LogP contribution in [0.15, 0.2) is 12.1 Å². The van der Waals surface area contributed by atoms with Gasteiger partial charge in [0.1, 0.15) is 29.1 Å². The predicted molar refractivity (Wildman–Crippen MR) is 97.4 cm³/mol. The van der Waals surface area contributed by atoms with Gasteiger partial charge in [-0.2, -0.15) is 0 Å². The van der Waals surface area contributed by atoms with E-state index in [1.165, 1.54) is 0 Å². The second kappa shape index (κ2) is 8.88. The molecule has 0 unspecified atom stereocenters. The zero-order valence-electron chi connectivity index (χ0n) is 16.4. The molecule has 0 bridgehead atoms. The molecule has 1 aromatic carbocycles. The molecule has 0 radical (unpaired) electrons. The van der Waals surface area contributed by atoms with E-state index in [1.807, 2.05) is 13.1 Å². The van der Waals surface area contributed by atoms with Gasteiger partial charge in [-0.3, -0.25) is 4.79 Å². The van der Waals surface area contributed by atoms with Crippen molar-refractivity contribution in [2.75, 3.05) is 13.7 Å². The first kappa shape index (κ1) is 23.2. The molecule has 0 fully saturated rings. The Hall–Kier alpha value is -1.87. The number of carbonyl (C=O) groups excluding carboxylic acids is 2. The van der Waals surface area contributed by atoms with Gasteiger partial charge < -0.3 is 14.5 Å². The van der Waals surface area contributed by atoms with Crippen LogP contribution in [0.1, 0.15) is 37.6 Å². The van der Waals surface area contributed by atoms with Crippen molar-refractivity contribution in [3.05, 3.63) is 35.1 Å². The Bertz CT molecular complexity index is 681. The number of methoxy groups -OCH3 is 1. The number of hydrogen-bond donors (Lipinski definition) is 1. The monoisotopic (exact) mass is 405 g/mol. The van der Waals surface area contributed by atoms with Gasteiger partial charge in [-0.1, -0.05) is 20.8 Å². The van der Waals surface area contributed by atoms with Gasteiger partial charge in [0.05, 0.1) is 7.11 Å². The van der Waals surface area contributed by atoms with Crippen LogP contribution < -0.4 is 5.32 Å². The van der Waals surface area contributed by atoms with Crippen molar-refractivity contribution in [3.63, 3.8) is 0 Å². The van der Waals surface area contributed by atoms with Gasteiger partial charge in [0.25, 0.3) is 5.91 Å². The fraction of sp³-hybridized carbons (Fsp3) is 0.556. The average molecular weight is 405 g/mol. The molecule has 0 aromatic heterocycles. The molecule has 0 aliphatic carbocycles. The Morgan fingerprint density at radius 1 is 1.15 bits per heavy atom. The molecule has 1 N–H and O–H groups in total. The van der Waals surface area contributed by atoms with E-state index in [0.29, 0.717) is 12.1 Å². The number of benzene rings is 1. The zero-order valence-corrected chi connectivity index (χ0v) is 17.4. The number of hydrogen-bond acceptors (Lipinski definition) is 4. The van der Waals surface area contributed by atoms with Crippen molar-refractivity contribution in [3.8, 4) is 0 Å². The van der Waals surface area contributed by atoms with Crippen molar-refractivity contribution in [1.82, 2.24) is 5.32 Å². The Labute approximate surface area is 158 Å². The molecular formula is C18H26F3NO4Si. The van der Waals surface area contributed by atoms with Gasteiger partial charge in [0.2, 0.25) is 0 Å². The summed E-state index contributed by atoms with van der Waals surface area (Å²) >= 11 is 0. The standard InChI is InChI=1S/C18H26F3NO4Si/c1-18(2,3)27(5,6)26-8-7-14(17(24)25-4)22-16(23)15-12(20)9-11(19)10-13(15)21/h9-10,14H,7-8H2,1-6H3,(H,22,23)/t14-/m1/s1. The lowest BCUT2D eigenvalue weighted by atomic mass is 10.1. The summed E-state index contributed by atoms with van der Waals surface area (Å²) in [6, 6.07) is -0.367. The molecule has 1 amide bonds. The molecule has 1 rings (SSSR count). The van der Waals surface area contributed by atoms with Gasteiger partial charge in [-0.15, -0.1) is 0 Å². The summed E-state index contributed by atoms with van der Waals surface area (Å²) in [5.74, 6) is -5.80. The molecule has 0 spiro atoms. The minimum absolute atomic E-state index is 0.0443. The highest BCUT2D eigenvalue weighted by molar-refractivity contribution is 6.74. The Morgan fingerprint density at radius 3 is 2.11 bits per heavy atom. The second-order valence-electron chi connectivity index (χ2n) is 7.69. The molecule has 0 aliphatic rings. The summed E-state index contributed by atoms with van der Waals surface area (Å²) in [4.78, 5) is 24.1. The minimum atomic E-state index is -2.07. The van der Waals surface area contributed by atoms with Gasteiger partial charge in [0, 0.05) is 25.2 Å². The highest BCUT2D eigenvalue weighted by Crippen LogP contribution is 2.36. The first-order chi connectivity index (χ1) is 12.3. The van der Waals surface area contributed by atoms with Crippen LogP contribution in [0.3, 0.4) is 0 Å². The van der Waals surface area contributed by atoms with E-state index in [2.05, 4.69) is 30.8 Å². The summed E-state index contributed by atoms with van der Waals surface area (Å²) in [6.45, 7) is 10.4. The van der Waals surface area contributed by atoms with Gasteiger partial charge in [-0.25, -0.2) is 18.0 Å². The van der Waals surface area contributed by atoms with Crippen LogP contribution in [-0.2, 0) is 14.0 Å². The molecular weight excluding hydrogens is 379 g/mol. The number of carbonyl (C=O) groups is 2. The second-order valence-corrected chi connectivity index (χ2v) is 12.5. The van der Waals surface area contributed by atoms with Gasteiger partial charge in [-0.05, 0) is 18.1 Å². The van der Waals surface area contributed by atoms with E-state index in [9.17, 15) is 22.8 Å². The summed E-state index contributed by atoms with van der Waals surface area (Å²) in [7, 11) is -0.937. The number of ether oxygens (including phenoxy) is 1. The fourth-order valence-electron chi connectivity index (χ4n) is 2.03. The molecule has 5 nitrogen and oxygen atoms in total. The third kappa shape index (κ3) is 6.07. The van der Waals surface area contributed by atoms with Crippen LogP contribution in [0.25, 0.3) is 0 Å². The SMILES string of the molecule is COC(=O)[C@@H](CCO[Si](C)(C)C(C)(C)C)NC(=O)c1c(F)cc(F)cc1F. The lowest BCUT2D eigenvalue weighted by molar-refractivity contribution is -0.143. The number of rotatable bonds is 7. The van der Waals surface area contributed by atoms with Crippen LogP contribution in [0, 0.1) is 17.5 Å². The van der Waals surface area contributed by atoms with E-state index >= 15 is 0 Å². The molecule has 0 saturated carbocycles. The maximum Gasteiger partial charge on any atom is 0.328 e. The van der Waals surface area contributed by atoms with Crippen LogP contribution >= 0.6 is 0 Å². The molecule has 0 saturated heterocycles. The summed E-state index contributed by atoms with van der Waals surface area (Å²) in [5.41, 5.74) is -0.962. The van der Waals surface area contributed by atoms with E-state index in [4.69, 9.17) is 4.43 Å². The smallest absolute Gasteiger partial charge is 0.328 e. The van der Waals surface area contributed by atoms with Crippen molar-refractivity contribution in [2.45, 2.75) is 51.4 Å². The minimum Gasteiger partial charge on any atom is -0.467 e. The quantitative estimate of drug-likeness (QED) is 0.554. The van der Waals surface area contributed by atoms with Crippen molar-refractivity contribution >= 4 is 20.2 Å². The Balaban J connectivity index is 2.88. The first-order valence-electron chi connectivity index (χ1n) is 8.47. The van der Waals surface area contributed by atoms with E-state index in [0.717, 1.165) is 7.11 Å². The molecule has 0 heterocycles. The topological polar surface area (TPSA) is 64.6 Å². The van der Waals surface area contributed by atoms with Crippen LogP contribution in [-0.4, -0.2) is 40.0 Å². The normalized spacial score (nSPS) is 13.2. The van der Waals surface area contributed by atoms with Crippen molar-refractivity contribution in [1.29, 1.82) is 0 Å². The third-order valence-electron chi connectivity index (χ3n) is 4.70. The van der Waals surface area contributed by atoms with Gasteiger partial charge in [0.15, 0.2) is 8.32 Å². The summed E-state index contributed by atoms with van der Waals surface area (Å²) in [5, 5.41) is 2.19. The maximum absolute atomic E-state index is 13.8. The predicted octanol–water partition coefficient (Wildman–Crippen LogP) is 3.79. The number of esters is 1. The molecule has 27 heavy (non-hydrogen) atoms. The van der Waals surface area contributed by atoms with Crippen LogP contribution in [0.5, 0.6) is 0 Å². The fourth-order valence-corrected chi connectivity index (χ4v) is 3.09. The molecule has 0 aliphatic heterocycles. The number of nitrogens with one attached hydrogen (secondary N) is 1. The lowest BCUT2D eigenvalue weighted by Gasteiger charge is -2.36. The summed E-state index contributed by atoms with van der Waals surface area (Å²) < 4.78 is 51.1. The lowest BCUT2D eigenvalue weighted by Crippen LogP contribution is -2.45. The highest BCUT2D eigenvalue weighted by atomic mass is 28.4. The molecule has 152 valence electrons. The zero-order chi connectivity index (χ0) is 21.0. The van der Waals surface area contributed by atoms with E-state index in [-0.39, 0.29) is 18.1 Å². The first-order valence-corrected chi connectivity index (χ1v) is 11.4. The maximum atomic E-state index is 13.8. The van der Waals surface area contributed by atoms with Crippen molar-refractivity contribution < 1.29 is 31.9 Å². The highest BCUT2D eigenvalue weighted by Gasteiger charge is 2.37. The summed E-state index contributed by atoms with van der Waals surface area (Å²) in [6.07, 6.45) is 0.0648. The third-order valence-corrected chi connectivity index (χ3v) is 9.24. The van der Waals surface area contributed by atoms with Gasteiger partial charge >= 0.3 is 5.97 Å². The number of amides is 1. The van der Waals surface area contributed by atoms with E-state index in [1.54, 1.807) is 0 Å². The Morgan fingerprint density at radius 2 is 1.67 bits per heavy atom. The largest absolute Gasteiger partial charge is 0.467 e. The molecule has 1 aromatic rings. The van der Waals surface area contributed by atoms with Crippen LogP contribution in [0.2, 0.25) is 18.1 Å². The van der Waals surface area contributed by atoms with Crippen molar-refractivity contribution in [2.24, 2.45) is 0 Å². The van der Waals surface area contributed by atoms with E-state index < -0.39 is 49.3 Å².